The molecule has 0 radical (unpaired) electrons. The number of halogens is 3. The largest absolute Gasteiger partial charge is 0.416 e. The fourth-order valence-corrected chi connectivity index (χ4v) is 4.24. The standard InChI is InChI=1S/C24H22F3N3O3/c1-29(14-16-7-2-5-12-20(16)24(25,26)27)22(32)15-8-6-9-17(13-15)30-23(33)19-11-4-3-10-18(19)21(31)28-30/h2-9,12-13,18-19H,10-11,14H2,1H3,(H,28,31). The Labute approximate surface area is 188 Å². The summed E-state index contributed by atoms with van der Waals surface area (Å²) in [4.78, 5) is 39.6. The van der Waals surface area contributed by atoms with Crippen molar-refractivity contribution in [3.63, 3.8) is 0 Å². The lowest BCUT2D eigenvalue weighted by Gasteiger charge is -2.38. The summed E-state index contributed by atoms with van der Waals surface area (Å²) < 4.78 is 39.9. The minimum absolute atomic E-state index is 0.0214. The van der Waals surface area contributed by atoms with Crippen molar-refractivity contribution >= 4 is 23.4 Å². The van der Waals surface area contributed by atoms with Gasteiger partial charge < -0.3 is 4.90 Å². The second kappa shape index (κ2) is 8.73. The van der Waals surface area contributed by atoms with Gasteiger partial charge in [0.1, 0.15) is 0 Å². The van der Waals surface area contributed by atoms with Crippen molar-refractivity contribution in [2.45, 2.75) is 25.6 Å². The van der Waals surface area contributed by atoms with Gasteiger partial charge in [-0.25, -0.2) is 5.01 Å². The molecule has 0 aromatic heterocycles. The summed E-state index contributed by atoms with van der Waals surface area (Å²) in [5.41, 5.74) is 2.29. The number of carbonyl (C=O) groups excluding carboxylic acids is 3. The third-order valence-corrected chi connectivity index (χ3v) is 5.96. The summed E-state index contributed by atoms with van der Waals surface area (Å²) in [5, 5.41) is 1.15. The molecule has 1 aliphatic carbocycles. The maximum atomic E-state index is 13.3. The van der Waals surface area contributed by atoms with Crippen molar-refractivity contribution in [2.75, 3.05) is 12.1 Å². The van der Waals surface area contributed by atoms with E-state index in [1.807, 2.05) is 12.2 Å². The van der Waals surface area contributed by atoms with Gasteiger partial charge in [-0.15, -0.1) is 0 Å². The van der Waals surface area contributed by atoms with Crippen molar-refractivity contribution in [1.29, 1.82) is 0 Å². The van der Waals surface area contributed by atoms with Crippen LogP contribution in [0.15, 0.2) is 60.7 Å². The molecule has 9 heteroatoms. The number of nitrogens with one attached hydrogen (secondary N) is 1. The number of rotatable bonds is 4. The SMILES string of the molecule is CN(Cc1ccccc1C(F)(F)F)C(=O)c1cccc(N2NC(=O)C3CC=CCC3C2=O)c1. The normalized spacial score (nSPS) is 20.3. The molecule has 3 amide bonds. The number of nitrogens with zero attached hydrogens (tertiary/aromatic N) is 2. The Morgan fingerprint density at radius 2 is 1.76 bits per heavy atom. The Kier molecular flexibility index (Phi) is 5.97. The maximum Gasteiger partial charge on any atom is 0.416 e. The zero-order valence-corrected chi connectivity index (χ0v) is 17.8. The molecule has 6 nitrogen and oxygen atoms in total. The molecule has 1 heterocycles. The van der Waals surface area contributed by atoms with E-state index < -0.39 is 29.5 Å². The van der Waals surface area contributed by atoms with E-state index >= 15 is 0 Å². The average molecular weight is 457 g/mol. The van der Waals surface area contributed by atoms with Crippen LogP contribution in [0.1, 0.15) is 34.3 Å². The molecule has 1 saturated heterocycles. The number of carbonyl (C=O) groups is 3. The van der Waals surface area contributed by atoms with E-state index in [2.05, 4.69) is 5.43 Å². The predicted octanol–water partition coefficient (Wildman–Crippen LogP) is 3.94. The van der Waals surface area contributed by atoms with Gasteiger partial charge >= 0.3 is 6.18 Å². The van der Waals surface area contributed by atoms with Gasteiger partial charge in [0.05, 0.1) is 23.1 Å². The Bertz CT molecular complexity index is 1130. The lowest BCUT2D eigenvalue weighted by molar-refractivity contribution is -0.140. The summed E-state index contributed by atoms with van der Waals surface area (Å²) in [5.74, 6) is -1.92. The molecule has 33 heavy (non-hydrogen) atoms. The fourth-order valence-electron chi connectivity index (χ4n) is 4.24. The van der Waals surface area contributed by atoms with Crippen molar-refractivity contribution in [2.24, 2.45) is 11.8 Å². The maximum absolute atomic E-state index is 13.3. The van der Waals surface area contributed by atoms with E-state index in [4.69, 9.17) is 0 Å². The molecule has 4 rings (SSSR count). The molecule has 0 bridgehead atoms. The summed E-state index contributed by atoms with van der Waals surface area (Å²) in [6.07, 6.45) is 0.199. The van der Waals surface area contributed by atoms with Crippen LogP contribution in [-0.4, -0.2) is 29.7 Å². The highest BCUT2D eigenvalue weighted by molar-refractivity contribution is 6.05. The number of hydrazine groups is 1. The highest BCUT2D eigenvalue weighted by Crippen LogP contribution is 2.34. The zero-order valence-electron chi connectivity index (χ0n) is 17.8. The monoisotopic (exact) mass is 457 g/mol. The van der Waals surface area contributed by atoms with E-state index in [-0.39, 0.29) is 29.5 Å². The van der Waals surface area contributed by atoms with Gasteiger partial charge in [0.25, 0.3) is 5.91 Å². The minimum Gasteiger partial charge on any atom is -0.337 e. The summed E-state index contributed by atoms with van der Waals surface area (Å²) in [7, 11) is 1.41. The lowest BCUT2D eigenvalue weighted by atomic mass is 9.80. The molecule has 172 valence electrons. The molecule has 2 aliphatic rings. The van der Waals surface area contributed by atoms with Crippen LogP contribution in [0, 0.1) is 11.8 Å². The number of anilines is 1. The van der Waals surface area contributed by atoms with Crippen molar-refractivity contribution in [3.05, 3.63) is 77.4 Å². The smallest absolute Gasteiger partial charge is 0.337 e. The van der Waals surface area contributed by atoms with Crippen LogP contribution in [0.2, 0.25) is 0 Å². The first-order valence-corrected chi connectivity index (χ1v) is 10.5. The van der Waals surface area contributed by atoms with Crippen molar-refractivity contribution in [1.82, 2.24) is 10.3 Å². The van der Waals surface area contributed by atoms with Gasteiger partial charge in [-0.2, -0.15) is 13.2 Å². The Hall–Kier alpha value is -3.62. The van der Waals surface area contributed by atoms with Crippen LogP contribution in [0.4, 0.5) is 18.9 Å². The quantitative estimate of drug-likeness (QED) is 0.708. The molecule has 2 unspecified atom stereocenters. The third-order valence-electron chi connectivity index (χ3n) is 5.96. The molecule has 0 saturated carbocycles. The minimum atomic E-state index is -4.53. The van der Waals surface area contributed by atoms with Gasteiger partial charge in [0, 0.05) is 19.2 Å². The number of allylic oxidation sites excluding steroid dienone is 2. The number of amides is 3. The first-order chi connectivity index (χ1) is 15.7. The topological polar surface area (TPSA) is 69.7 Å². The molecular formula is C24H22F3N3O3. The Morgan fingerprint density at radius 3 is 2.48 bits per heavy atom. The van der Waals surface area contributed by atoms with E-state index in [1.165, 1.54) is 42.3 Å². The molecule has 2 aromatic rings. The van der Waals surface area contributed by atoms with Crippen LogP contribution >= 0.6 is 0 Å². The van der Waals surface area contributed by atoms with Crippen LogP contribution < -0.4 is 10.4 Å². The first kappa shape index (κ1) is 22.6. The number of fused-ring (bicyclic) bond motifs is 1. The van der Waals surface area contributed by atoms with E-state index in [1.54, 1.807) is 12.1 Å². The molecule has 1 aliphatic heterocycles. The van der Waals surface area contributed by atoms with Crippen molar-refractivity contribution in [3.8, 4) is 0 Å². The summed E-state index contributed by atoms with van der Waals surface area (Å²) in [6.45, 7) is -0.242. The molecule has 0 spiro atoms. The molecule has 1 fully saturated rings. The Balaban J connectivity index is 1.55. The molecular weight excluding hydrogens is 435 g/mol. The van der Waals surface area contributed by atoms with Gasteiger partial charge in [0.15, 0.2) is 0 Å². The average Bonchev–Trinajstić information content (AvgIpc) is 2.80. The van der Waals surface area contributed by atoms with Crippen LogP contribution in [0.25, 0.3) is 0 Å². The molecule has 2 atom stereocenters. The molecule has 2 aromatic carbocycles. The van der Waals surface area contributed by atoms with Gasteiger partial charge in [-0.1, -0.05) is 36.4 Å². The number of benzene rings is 2. The third kappa shape index (κ3) is 4.48. The van der Waals surface area contributed by atoms with Crippen LogP contribution in [0.5, 0.6) is 0 Å². The summed E-state index contributed by atoms with van der Waals surface area (Å²) >= 11 is 0. The second-order valence-electron chi connectivity index (χ2n) is 8.17. The van der Waals surface area contributed by atoms with Crippen molar-refractivity contribution < 1.29 is 27.6 Å². The lowest BCUT2D eigenvalue weighted by Crippen LogP contribution is -2.59. The highest BCUT2D eigenvalue weighted by atomic mass is 19.4. The number of hydrogen-bond acceptors (Lipinski definition) is 3. The number of hydrogen-bond donors (Lipinski definition) is 1. The van der Waals surface area contributed by atoms with E-state index in [9.17, 15) is 27.6 Å². The van der Waals surface area contributed by atoms with Crippen LogP contribution in [0.3, 0.4) is 0 Å². The zero-order chi connectivity index (χ0) is 23.8. The van der Waals surface area contributed by atoms with Crippen LogP contribution in [-0.2, 0) is 22.3 Å². The van der Waals surface area contributed by atoms with E-state index in [0.717, 1.165) is 11.1 Å². The van der Waals surface area contributed by atoms with Gasteiger partial charge in [-0.3, -0.25) is 19.8 Å². The highest BCUT2D eigenvalue weighted by Gasteiger charge is 2.42. The van der Waals surface area contributed by atoms with Gasteiger partial charge in [0.2, 0.25) is 11.8 Å². The van der Waals surface area contributed by atoms with Gasteiger partial charge in [-0.05, 0) is 42.7 Å². The predicted molar refractivity (Wildman–Crippen MR) is 115 cm³/mol. The first-order valence-electron chi connectivity index (χ1n) is 10.5. The molecule has 1 N–H and O–H groups in total. The van der Waals surface area contributed by atoms with E-state index in [0.29, 0.717) is 18.5 Å². The summed E-state index contributed by atoms with van der Waals surface area (Å²) in [6, 6.07) is 11.2. The second-order valence-corrected chi connectivity index (χ2v) is 8.17. The Morgan fingerprint density at radius 1 is 1.06 bits per heavy atom. The fraction of sp³-hybridized carbons (Fsp3) is 0.292. The number of alkyl halides is 3.